The van der Waals surface area contributed by atoms with Gasteiger partial charge in [-0.25, -0.2) is 4.79 Å². The predicted molar refractivity (Wildman–Crippen MR) is 192 cm³/mol. The van der Waals surface area contributed by atoms with Crippen molar-refractivity contribution in [3.63, 3.8) is 0 Å². The van der Waals surface area contributed by atoms with E-state index in [1.54, 1.807) is 38.1 Å². The van der Waals surface area contributed by atoms with Crippen LogP contribution in [0.5, 0.6) is 5.75 Å². The molecule has 2 aromatic carbocycles. The minimum absolute atomic E-state index is 0.0563. The number of nitrogens with one attached hydrogen (secondary N) is 3. The molecular formula is C37H47ClN6O7. The predicted octanol–water partition coefficient (Wildman–Crippen LogP) is 5.51. The van der Waals surface area contributed by atoms with E-state index in [0.717, 1.165) is 11.1 Å². The van der Waals surface area contributed by atoms with Gasteiger partial charge in [-0.2, -0.15) is 0 Å². The third-order valence-corrected chi connectivity index (χ3v) is 9.36. The highest BCUT2D eigenvalue weighted by Gasteiger charge is 2.47. The number of carbonyl (C=O) groups excluding carboxylic acids is 4. The van der Waals surface area contributed by atoms with E-state index in [9.17, 15) is 19.2 Å². The van der Waals surface area contributed by atoms with Gasteiger partial charge in [-0.05, 0) is 66.6 Å². The third kappa shape index (κ3) is 11.0. The lowest BCUT2D eigenvalue weighted by atomic mass is 9.90. The van der Waals surface area contributed by atoms with Gasteiger partial charge in [0.15, 0.2) is 0 Å². The smallest absolute Gasteiger partial charge is 0.328 e. The molecule has 14 heteroatoms. The lowest BCUT2D eigenvalue weighted by Gasteiger charge is -2.30. The number of carbonyl (C=O) groups is 4. The van der Waals surface area contributed by atoms with Crippen molar-refractivity contribution >= 4 is 35.3 Å². The topological polar surface area (TPSA) is 184 Å². The molecule has 3 N–H and O–H groups in total. The van der Waals surface area contributed by atoms with Crippen LogP contribution in [-0.4, -0.2) is 61.6 Å². The van der Waals surface area contributed by atoms with Crippen LogP contribution in [-0.2, 0) is 41.6 Å². The van der Waals surface area contributed by atoms with E-state index >= 15 is 0 Å². The first-order chi connectivity index (χ1) is 24.2. The van der Waals surface area contributed by atoms with Crippen molar-refractivity contribution in [3.05, 3.63) is 86.8 Å². The number of epoxide rings is 1. The zero-order valence-corrected chi connectivity index (χ0v) is 30.6. The van der Waals surface area contributed by atoms with E-state index in [-0.39, 0.29) is 50.0 Å². The van der Waals surface area contributed by atoms with Crippen molar-refractivity contribution in [1.29, 1.82) is 0 Å². The Labute approximate surface area is 303 Å². The van der Waals surface area contributed by atoms with Gasteiger partial charge in [-0.3, -0.25) is 14.4 Å². The first kappa shape index (κ1) is 39.2. The molecule has 2 heterocycles. The van der Waals surface area contributed by atoms with Crippen LogP contribution < -0.4 is 20.7 Å². The average Bonchev–Trinajstić information content (AvgIpc) is 3.89. The van der Waals surface area contributed by atoms with Crippen LogP contribution in [0.2, 0.25) is 5.02 Å². The SMILES string of the molecule is COc1ccc(C[C@H]2NC(=O)/C=C/C[C@@H]([C@H](C)[C@H]3O[C@@H]3c3ccc(CN=[N+]=[N-])cc3)OC(=O)[C@H](CC(C)C)NC(=O)C(C)(C)CNC2=O)cc1Cl. The summed E-state index contributed by atoms with van der Waals surface area (Å²) < 4.78 is 17.4. The molecule has 0 spiro atoms. The third-order valence-electron chi connectivity index (χ3n) is 9.07. The Hall–Kier alpha value is -4.58. The van der Waals surface area contributed by atoms with Crippen LogP contribution in [0, 0.1) is 17.3 Å². The summed E-state index contributed by atoms with van der Waals surface area (Å²) in [4.78, 5) is 56.8. The quantitative estimate of drug-likeness (QED) is 0.0950. The highest BCUT2D eigenvalue weighted by atomic mass is 35.5. The van der Waals surface area contributed by atoms with Crippen molar-refractivity contribution in [2.45, 2.75) is 90.8 Å². The highest BCUT2D eigenvalue weighted by Crippen LogP contribution is 2.45. The van der Waals surface area contributed by atoms with Crippen LogP contribution in [0.4, 0.5) is 0 Å². The summed E-state index contributed by atoms with van der Waals surface area (Å²) >= 11 is 6.33. The molecule has 13 nitrogen and oxygen atoms in total. The molecule has 1 saturated heterocycles. The minimum atomic E-state index is -1.11. The Bertz CT molecular complexity index is 1660. The van der Waals surface area contributed by atoms with Gasteiger partial charge in [0.2, 0.25) is 17.7 Å². The standard InChI is InChI=1S/C37H47ClN6O7/c1-21(2)16-28-35(47)50-29(22(3)32-33(51-32)25-13-10-23(11-14-25)19-41-44-39)8-7-9-31(45)42-27(18-24-12-15-30(49-6)26(38)17-24)34(46)40-20-37(4,5)36(48)43-28/h7,9-15,17,21-22,27-29,32-33H,8,16,18-20H2,1-6H3,(H,40,46)(H,42,45)(H,43,48)/b9-7+/t22-,27+,28-,29-,32+,33+/m0/s1. The van der Waals surface area contributed by atoms with Crippen LogP contribution in [0.1, 0.15) is 70.3 Å². The van der Waals surface area contributed by atoms with E-state index in [4.69, 9.17) is 31.3 Å². The van der Waals surface area contributed by atoms with Crippen molar-refractivity contribution in [2.75, 3.05) is 13.7 Å². The van der Waals surface area contributed by atoms with E-state index in [1.807, 2.05) is 45.0 Å². The number of halogens is 1. The van der Waals surface area contributed by atoms with E-state index in [1.165, 1.54) is 13.2 Å². The molecule has 2 aliphatic rings. The van der Waals surface area contributed by atoms with Crippen LogP contribution in [0.3, 0.4) is 0 Å². The molecule has 0 saturated carbocycles. The summed E-state index contributed by atoms with van der Waals surface area (Å²) in [5.74, 6) is -1.78. The molecule has 3 amide bonds. The van der Waals surface area contributed by atoms with Crippen molar-refractivity contribution < 1.29 is 33.4 Å². The Morgan fingerprint density at radius 3 is 2.39 bits per heavy atom. The molecule has 0 aromatic heterocycles. The Morgan fingerprint density at radius 2 is 1.75 bits per heavy atom. The number of hydrogen-bond donors (Lipinski definition) is 3. The molecule has 51 heavy (non-hydrogen) atoms. The van der Waals surface area contributed by atoms with Gasteiger partial charge < -0.3 is 30.2 Å². The fourth-order valence-corrected chi connectivity index (χ4v) is 6.17. The number of ether oxygens (including phenoxy) is 3. The lowest BCUT2D eigenvalue weighted by Crippen LogP contribution is -2.54. The van der Waals surface area contributed by atoms with Gasteiger partial charge in [-0.15, -0.1) is 0 Å². The molecule has 0 unspecified atom stereocenters. The number of azide groups is 1. The van der Waals surface area contributed by atoms with Crippen LogP contribution in [0.25, 0.3) is 10.4 Å². The second-order valence-corrected chi connectivity index (χ2v) is 14.5. The molecule has 6 atom stereocenters. The number of nitrogens with zero attached hydrogens (tertiary/aromatic N) is 3. The Morgan fingerprint density at radius 1 is 1.04 bits per heavy atom. The van der Waals surface area contributed by atoms with E-state index in [0.29, 0.717) is 22.8 Å². The van der Waals surface area contributed by atoms with E-state index < -0.39 is 47.3 Å². The fraction of sp³-hybridized carbons (Fsp3) is 0.514. The molecule has 0 aliphatic carbocycles. The fourth-order valence-electron chi connectivity index (χ4n) is 5.89. The summed E-state index contributed by atoms with van der Waals surface area (Å²) in [6.07, 6.45) is 2.36. The molecule has 0 bridgehead atoms. The number of benzene rings is 2. The van der Waals surface area contributed by atoms with Gasteiger partial charge in [0.1, 0.15) is 30.0 Å². The molecule has 1 fully saturated rings. The molecule has 4 rings (SSSR count). The maximum Gasteiger partial charge on any atom is 0.328 e. The summed E-state index contributed by atoms with van der Waals surface area (Å²) in [6, 6.07) is 10.8. The van der Waals surface area contributed by atoms with Crippen molar-refractivity contribution in [3.8, 4) is 5.75 Å². The second kappa shape index (κ2) is 17.6. The number of amides is 3. The van der Waals surface area contributed by atoms with Gasteiger partial charge in [-0.1, -0.05) is 73.9 Å². The first-order valence-electron chi connectivity index (χ1n) is 17.1. The maximum absolute atomic E-state index is 13.7. The maximum atomic E-state index is 13.7. The number of methoxy groups -OCH3 is 1. The summed E-state index contributed by atoms with van der Waals surface area (Å²) in [6.45, 7) is 9.34. The highest BCUT2D eigenvalue weighted by molar-refractivity contribution is 6.32. The normalized spacial score (nSPS) is 25.4. The number of cyclic esters (lactones) is 1. The molecule has 0 radical (unpaired) electrons. The van der Waals surface area contributed by atoms with Gasteiger partial charge in [0, 0.05) is 30.2 Å². The lowest BCUT2D eigenvalue weighted by molar-refractivity contribution is -0.157. The molecule has 2 aliphatic heterocycles. The van der Waals surface area contributed by atoms with Gasteiger partial charge >= 0.3 is 5.97 Å². The number of hydrogen-bond acceptors (Lipinski definition) is 8. The van der Waals surface area contributed by atoms with Crippen LogP contribution >= 0.6 is 11.6 Å². The van der Waals surface area contributed by atoms with Gasteiger partial charge in [0.25, 0.3) is 0 Å². The molecule has 274 valence electrons. The Balaban J connectivity index is 1.59. The van der Waals surface area contributed by atoms with Gasteiger partial charge in [0.05, 0.1) is 30.2 Å². The van der Waals surface area contributed by atoms with Crippen LogP contribution in [0.15, 0.2) is 59.7 Å². The average molecular weight is 723 g/mol. The summed E-state index contributed by atoms with van der Waals surface area (Å²) in [5.41, 5.74) is 9.99. The molecular weight excluding hydrogens is 676 g/mol. The van der Waals surface area contributed by atoms with Crippen molar-refractivity contribution in [2.24, 2.45) is 22.4 Å². The first-order valence-corrected chi connectivity index (χ1v) is 17.4. The van der Waals surface area contributed by atoms with E-state index in [2.05, 4.69) is 26.0 Å². The summed E-state index contributed by atoms with van der Waals surface area (Å²) in [5, 5.41) is 12.4. The zero-order valence-electron chi connectivity index (χ0n) is 29.9. The second-order valence-electron chi connectivity index (χ2n) is 14.1. The Kier molecular flexibility index (Phi) is 13.5. The van der Waals surface area contributed by atoms with Crippen molar-refractivity contribution in [1.82, 2.24) is 16.0 Å². The monoisotopic (exact) mass is 722 g/mol. The minimum Gasteiger partial charge on any atom is -0.495 e. The molecule has 2 aromatic rings. The zero-order chi connectivity index (χ0) is 37.3. The number of rotatable bonds is 10. The number of esters is 1. The summed E-state index contributed by atoms with van der Waals surface area (Å²) in [7, 11) is 1.50. The largest absolute Gasteiger partial charge is 0.495 e.